The van der Waals surface area contributed by atoms with Gasteiger partial charge in [-0.05, 0) is 6.42 Å². The maximum atomic E-state index is 11.6. The molecule has 0 spiro atoms. The highest BCUT2D eigenvalue weighted by Crippen LogP contribution is 2.12. The average Bonchev–Trinajstić information content (AvgIpc) is 2.63. The van der Waals surface area contributed by atoms with E-state index in [1.165, 1.54) is 38.5 Å². The van der Waals surface area contributed by atoms with Crippen molar-refractivity contribution in [3.8, 4) is 0 Å². The van der Waals surface area contributed by atoms with Crippen molar-refractivity contribution >= 4 is 34.9 Å². The fourth-order valence-corrected chi connectivity index (χ4v) is 2.49. The van der Waals surface area contributed by atoms with Gasteiger partial charge < -0.3 is 5.11 Å². The number of carbonyl (C=O) groups excluding carboxylic acids is 5. The van der Waals surface area contributed by atoms with Gasteiger partial charge in [-0.3, -0.25) is 24.0 Å². The largest absolute Gasteiger partial charge is 0.475 e. The molecule has 0 atom stereocenters. The predicted octanol–water partition coefficient (Wildman–Crippen LogP) is 2.62. The lowest BCUT2D eigenvalue weighted by atomic mass is 10.0. The van der Waals surface area contributed by atoms with Crippen LogP contribution in [0.5, 0.6) is 0 Å². The van der Waals surface area contributed by atoms with E-state index in [1.54, 1.807) is 0 Å². The predicted molar refractivity (Wildman–Crippen MR) is 93.7 cm³/mol. The fraction of sp³-hybridized carbons (Fsp3) is 0.684. The highest BCUT2D eigenvalue weighted by molar-refractivity contribution is 6.91. The summed E-state index contributed by atoms with van der Waals surface area (Å²) < 4.78 is 0. The summed E-state index contributed by atoms with van der Waals surface area (Å²) in [4.78, 5) is 66.6. The minimum atomic E-state index is -2.13. The average molecular weight is 368 g/mol. The number of hydrogen-bond donors (Lipinski definition) is 1. The first-order chi connectivity index (χ1) is 12.3. The molecule has 7 heteroatoms. The van der Waals surface area contributed by atoms with E-state index in [0.717, 1.165) is 25.7 Å². The van der Waals surface area contributed by atoms with E-state index in [9.17, 15) is 28.8 Å². The van der Waals surface area contributed by atoms with Crippen LogP contribution in [0.1, 0.15) is 84.0 Å². The van der Waals surface area contributed by atoms with Gasteiger partial charge in [0.25, 0.3) is 17.3 Å². The monoisotopic (exact) mass is 368 g/mol. The van der Waals surface area contributed by atoms with Crippen molar-refractivity contribution in [2.75, 3.05) is 0 Å². The zero-order chi connectivity index (χ0) is 19.9. The van der Waals surface area contributed by atoms with Crippen LogP contribution in [0.4, 0.5) is 0 Å². The van der Waals surface area contributed by atoms with Crippen molar-refractivity contribution in [2.45, 2.75) is 84.0 Å². The maximum Gasteiger partial charge on any atom is 0.380 e. The normalized spacial score (nSPS) is 10.3. The molecule has 0 saturated heterocycles. The molecule has 146 valence electrons. The van der Waals surface area contributed by atoms with Gasteiger partial charge in [0.15, 0.2) is 0 Å². The Hall–Kier alpha value is -2.18. The fourth-order valence-electron chi connectivity index (χ4n) is 2.49. The molecule has 0 aromatic carbocycles. The maximum absolute atomic E-state index is 11.6. The van der Waals surface area contributed by atoms with E-state index in [4.69, 9.17) is 5.11 Å². The highest BCUT2D eigenvalue weighted by atomic mass is 16.4. The molecule has 0 fully saturated rings. The van der Waals surface area contributed by atoms with Crippen LogP contribution in [0.15, 0.2) is 0 Å². The second-order valence-electron chi connectivity index (χ2n) is 6.33. The van der Waals surface area contributed by atoms with Crippen LogP contribution in [-0.2, 0) is 28.8 Å². The summed E-state index contributed by atoms with van der Waals surface area (Å²) in [7, 11) is 0. The van der Waals surface area contributed by atoms with Gasteiger partial charge in [0.05, 0.1) is 0 Å². The zero-order valence-corrected chi connectivity index (χ0v) is 15.4. The summed E-state index contributed by atoms with van der Waals surface area (Å²) in [6.45, 7) is 2.18. The number of carboxylic acid groups (broad SMARTS) is 1. The molecule has 0 saturated carbocycles. The van der Waals surface area contributed by atoms with Crippen molar-refractivity contribution in [2.24, 2.45) is 0 Å². The minimum Gasteiger partial charge on any atom is -0.475 e. The van der Waals surface area contributed by atoms with E-state index in [1.807, 2.05) is 0 Å². The van der Waals surface area contributed by atoms with Crippen LogP contribution in [0.3, 0.4) is 0 Å². The van der Waals surface area contributed by atoms with E-state index in [2.05, 4.69) is 6.92 Å². The number of Topliss-reactive ketones (excluding diaryl/α,β-unsaturated/α-hetero) is 5. The highest BCUT2D eigenvalue weighted by Gasteiger charge is 2.35. The summed E-state index contributed by atoms with van der Waals surface area (Å²) >= 11 is 0. The lowest BCUT2D eigenvalue weighted by Crippen LogP contribution is -2.37. The van der Waals surface area contributed by atoms with E-state index in [-0.39, 0.29) is 6.42 Å². The Morgan fingerprint density at radius 1 is 0.538 bits per heavy atom. The van der Waals surface area contributed by atoms with Gasteiger partial charge in [-0.1, -0.05) is 71.1 Å². The Balaban J connectivity index is 3.84. The Morgan fingerprint density at radius 2 is 0.923 bits per heavy atom. The second-order valence-corrected chi connectivity index (χ2v) is 6.33. The zero-order valence-electron chi connectivity index (χ0n) is 15.4. The SMILES string of the molecule is CCCCCCCCCCCCCC(=O)C(=O)C(=O)C(=O)C(=O)C(=O)O. The summed E-state index contributed by atoms with van der Waals surface area (Å²) in [6.07, 6.45) is 11.5. The lowest BCUT2D eigenvalue weighted by molar-refractivity contribution is -0.157. The molecule has 0 aliphatic heterocycles. The molecular weight excluding hydrogens is 340 g/mol. The number of aliphatic carboxylic acids is 1. The smallest absolute Gasteiger partial charge is 0.380 e. The summed E-state index contributed by atoms with van der Waals surface area (Å²) in [5.41, 5.74) is 0. The molecule has 0 bridgehead atoms. The molecule has 0 rings (SSSR count). The molecule has 0 amide bonds. The number of hydrogen-bond acceptors (Lipinski definition) is 6. The van der Waals surface area contributed by atoms with Crippen molar-refractivity contribution in [1.29, 1.82) is 0 Å². The minimum absolute atomic E-state index is 0.184. The molecule has 0 aliphatic carbocycles. The number of rotatable bonds is 17. The molecule has 1 N–H and O–H groups in total. The third kappa shape index (κ3) is 9.96. The van der Waals surface area contributed by atoms with E-state index in [0.29, 0.717) is 6.42 Å². The number of carbonyl (C=O) groups is 6. The van der Waals surface area contributed by atoms with Gasteiger partial charge >= 0.3 is 11.8 Å². The molecule has 0 heterocycles. The van der Waals surface area contributed by atoms with Gasteiger partial charge in [0, 0.05) is 6.42 Å². The molecule has 7 nitrogen and oxygen atoms in total. The molecule has 0 radical (unpaired) electrons. The number of unbranched alkanes of at least 4 members (excludes halogenated alkanes) is 10. The van der Waals surface area contributed by atoms with Crippen LogP contribution >= 0.6 is 0 Å². The van der Waals surface area contributed by atoms with Crippen LogP contribution in [0, 0.1) is 0 Å². The first kappa shape index (κ1) is 23.8. The summed E-state index contributed by atoms with van der Waals surface area (Å²) in [6, 6.07) is 0. The Bertz CT molecular complexity index is 534. The van der Waals surface area contributed by atoms with E-state index >= 15 is 0 Å². The van der Waals surface area contributed by atoms with Crippen LogP contribution < -0.4 is 0 Å². The number of ketones is 5. The molecule has 0 aromatic heterocycles. The first-order valence-corrected chi connectivity index (χ1v) is 9.26. The van der Waals surface area contributed by atoms with Crippen LogP contribution in [-0.4, -0.2) is 40.0 Å². The van der Waals surface area contributed by atoms with Gasteiger partial charge in [-0.2, -0.15) is 0 Å². The second kappa shape index (κ2) is 14.0. The number of carboxylic acids is 1. The van der Waals surface area contributed by atoms with Gasteiger partial charge in [-0.25, -0.2) is 4.79 Å². The third-order valence-electron chi connectivity index (χ3n) is 4.07. The molecule has 0 unspecified atom stereocenters. The van der Waals surface area contributed by atoms with E-state index < -0.39 is 34.9 Å². The first-order valence-electron chi connectivity index (χ1n) is 9.26. The van der Waals surface area contributed by atoms with Crippen LogP contribution in [0.2, 0.25) is 0 Å². The lowest BCUT2D eigenvalue weighted by Gasteiger charge is -2.02. The Kier molecular flexibility index (Phi) is 12.9. The van der Waals surface area contributed by atoms with Gasteiger partial charge in [0.1, 0.15) is 0 Å². The van der Waals surface area contributed by atoms with Crippen molar-refractivity contribution in [1.82, 2.24) is 0 Å². The molecule has 0 aliphatic rings. The molecule has 26 heavy (non-hydrogen) atoms. The quantitative estimate of drug-likeness (QED) is 0.238. The standard InChI is InChI=1S/C19H28O7/c1-2-3-4-5-6-7-8-9-10-11-12-13-14(20)15(21)16(22)17(23)18(24)19(25)26/h2-13H2,1H3,(H,25,26). The Labute approximate surface area is 153 Å². The van der Waals surface area contributed by atoms with Crippen molar-refractivity contribution in [3.05, 3.63) is 0 Å². The topological polar surface area (TPSA) is 123 Å². The Morgan fingerprint density at radius 3 is 1.35 bits per heavy atom. The third-order valence-corrected chi connectivity index (χ3v) is 4.07. The summed E-state index contributed by atoms with van der Waals surface area (Å²) in [5.74, 6) is -10.7. The molecular formula is C19H28O7. The molecule has 0 aromatic rings. The van der Waals surface area contributed by atoms with Gasteiger partial charge in [0.2, 0.25) is 5.78 Å². The van der Waals surface area contributed by atoms with Crippen molar-refractivity contribution < 1.29 is 33.9 Å². The van der Waals surface area contributed by atoms with Gasteiger partial charge in [-0.15, -0.1) is 0 Å². The summed E-state index contributed by atoms with van der Waals surface area (Å²) in [5, 5.41) is 8.32. The van der Waals surface area contributed by atoms with Crippen LogP contribution in [0.25, 0.3) is 0 Å². The van der Waals surface area contributed by atoms with Crippen molar-refractivity contribution in [3.63, 3.8) is 0 Å².